The predicted octanol–water partition coefficient (Wildman–Crippen LogP) is 3.97. The summed E-state index contributed by atoms with van der Waals surface area (Å²) < 4.78 is 59.4. The van der Waals surface area contributed by atoms with Crippen molar-refractivity contribution < 1.29 is 27.1 Å². The molecule has 12 heteroatoms. The zero-order valence-corrected chi connectivity index (χ0v) is 16.8. The third-order valence-corrected chi connectivity index (χ3v) is 4.42. The fourth-order valence-corrected chi connectivity index (χ4v) is 2.83. The van der Waals surface area contributed by atoms with Crippen LogP contribution < -0.4 is 10.1 Å². The van der Waals surface area contributed by atoms with E-state index in [1.807, 2.05) is 0 Å². The van der Waals surface area contributed by atoms with Gasteiger partial charge in [-0.25, -0.2) is 18.7 Å². The molecule has 2 aromatic heterocycles. The predicted molar refractivity (Wildman–Crippen MR) is 108 cm³/mol. The van der Waals surface area contributed by atoms with Crippen molar-refractivity contribution in [3.05, 3.63) is 89.8 Å². The van der Waals surface area contributed by atoms with Gasteiger partial charge in [-0.1, -0.05) is 18.2 Å². The number of hydrogen-bond acceptors (Lipinski definition) is 5. The van der Waals surface area contributed by atoms with Crippen molar-refractivity contribution in [3.8, 4) is 5.75 Å². The molecule has 8 nitrogen and oxygen atoms in total. The Morgan fingerprint density at radius 1 is 1.03 bits per heavy atom. The second-order valence-corrected chi connectivity index (χ2v) is 6.89. The molecular weight excluding hydrogens is 444 g/mol. The number of hydrogen-bond donors (Lipinski definition) is 1. The van der Waals surface area contributed by atoms with Crippen molar-refractivity contribution in [1.29, 1.82) is 0 Å². The van der Waals surface area contributed by atoms with E-state index < -0.39 is 17.6 Å². The van der Waals surface area contributed by atoms with Crippen LogP contribution in [-0.4, -0.2) is 30.5 Å². The number of alkyl halides is 3. The summed E-state index contributed by atoms with van der Waals surface area (Å²) in [7, 11) is 0. The third kappa shape index (κ3) is 5.73. The summed E-state index contributed by atoms with van der Waals surface area (Å²) in [5, 5.41) is 10.7. The summed E-state index contributed by atoms with van der Waals surface area (Å²) in [6.45, 7) is 0.143. The number of halogens is 4. The highest BCUT2D eigenvalue weighted by molar-refractivity contribution is 6.01. The Hall–Kier alpha value is -4.22. The minimum atomic E-state index is -4.48. The first-order valence-electron chi connectivity index (χ1n) is 9.55. The summed E-state index contributed by atoms with van der Waals surface area (Å²) in [6, 6.07) is 11.8. The highest BCUT2D eigenvalue weighted by Gasteiger charge is 2.30. The minimum absolute atomic E-state index is 0.0159. The summed E-state index contributed by atoms with van der Waals surface area (Å²) in [5.74, 6) is -0.851. The number of carbonyl (C=O) groups excluding carboxylic acids is 1. The van der Waals surface area contributed by atoms with Crippen LogP contribution in [-0.2, 0) is 19.5 Å². The van der Waals surface area contributed by atoms with Crippen LogP contribution in [0.4, 0.5) is 23.5 Å². The summed E-state index contributed by atoms with van der Waals surface area (Å²) in [6.07, 6.45) is -1.61. The van der Waals surface area contributed by atoms with Gasteiger partial charge in [0.15, 0.2) is 12.4 Å². The van der Waals surface area contributed by atoms with Crippen molar-refractivity contribution in [2.45, 2.75) is 19.5 Å². The van der Waals surface area contributed by atoms with Crippen molar-refractivity contribution in [2.24, 2.45) is 0 Å². The SMILES string of the molecule is O=C(Nc1ncn(Cc2ccc(F)cc2)n1)c1ccn(COc2cccc(C(F)(F)F)c2)n1. The lowest BCUT2D eigenvalue weighted by Crippen LogP contribution is -2.15. The van der Waals surface area contributed by atoms with Gasteiger partial charge in [0.1, 0.15) is 17.9 Å². The lowest BCUT2D eigenvalue weighted by atomic mass is 10.2. The smallest absolute Gasteiger partial charge is 0.416 e. The van der Waals surface area contributed by atoms with Crippen molar-refractivity contribution in [3.63, 3.8) is 0 Å². The Labute approximate surface area is 184 Å². The largest absolute Gasteiger partial charge is 0.471 e. The number of rotatable bonds is 7. The van der Waals surface area contributed by atoms with Crippen molar-refractivity contribution in [2.75, 3.05) is 5.32 Å². The summed E-state index contributed by atoms with van der Waals surface area (Å²) in [4.78, 5) is 16.4. The molecule has 0 fully saturated rings. The molecule has 33 heavy (non-hydrogen) atoms. The number of aromatic nitrogens is 5. The maximum atomic E-state index is 13.0. The average molecular weight is 460 g/mol. The number of carbonyl (C=O) groups is 1. The molecule has 0 aliphatic rings. The Balaban J connectivity index is 1.33. The fourth-order valence-electron chi connectivity index (χ4n) is 2.83. The van der Waals surface area contributed by atoms with E-state index in [1.54, 1.807) is 12.1 Å². The standard InChI is InChI=1S/C21H16F4N6O2/c22-16-6-4-14(5-7-16)11-31-12-26-20(29-31)27-19(32)18-8-9-30(28-18)13-33-17-3-1-2-15(10-17)21(23,24)25/h1-10,12H,11,13H2,(H,27,29,32). The van der Waals surface area contributed by atoms with Gasteiger partial charge >= 0.3 is 6.18 Å². The van der Waals surface area contributed by atoms with Crippen LogP contribution in [0.2, 0.25) is 0 Å². The van der Waals surface area contributed by atoms with E-state index in [2.05, 4.69) is 20.5 Å². The Kier molecular flexibility index (Phi) is 6.07. The lowest BCUT2D eigenvalue weighted by Gasteiger charge is -2.10. The molecule has 0 saturated carbocycles. The van der Waals surface area contributed by atoms with Gasteiger partial charge in [-0.15, -0.1) is 5.10 Å². The van der Waals surface area contributed by atoms with Gasteiger partial charge < -0.3 is 4.74 Å². The van der Waals surface area contributed by atoms with Crippen LogP contribution >= 0.6 is 0 Å². The summed E-state index contributed by atoms with van der Waals surface area (Å²) in [5.41, 5.74) is 0.0168. The first kappa shape index (κ1) is 22.0. The molecule has 4 aromatic rings. The number of nitrogens with zero attached hydrogens (tertiary/aromatic N) is 5. The van der Waals surface area contributed by atoms with Gasteiger partial charge in [-0.2, -0.15) is 18.3 Å². The first-order chi connectivity index (χ1) is 15.8. The molecule has 0 bridgehead atoms. The topological polar surface area (TPSA) is 86.9 Å². The van der Waals surface area contributed by atoms with Crippen LogP contribution in [0.5, 0.6) is 5.75 Å². The number of benzene rings is 2. The molecule has 2 heterocycles. The van der Waals surface area contributed by atoms with Crippen LogP contribution in [0.1, 0.15) is 21.6 Å². The van der Waals surface area contributed by atoms with E-state index >= 15 is 0 Å². The van der Waals surface area contributed by atoms with Gasteiger partial charge in [-0.3, -0.25) is 10.1 Å². The molecule has 170 valence electrons. The van der Waals surface area contributed by atoms with Crippen LogP contribution in [0, 0.1) is 5.82 Å². The van der Waals surface area contributed by atoms with E-state index in [0.717, 1.165) is 17.7 Å². The number of nitrogens with one attached hydrogen (secondary N) is 1. The molecule has 0 saturated heterocycles. The molecule has 0 spiro atoms. The maximum Gasteiger partial charge on any atom is 0.416 e. The molecule has 1 N–H and O–H groups in total. The van der Waals surface area contributed by atoms with E-state index in [1.165, 1.54) is 52.2 Å². The van der Waals surface area contributed by atoms with E-state index in [4.69, 9.17) is 4.74 Å². The summed E-state index contributed by atoms with van der Waals surface area (Å²) >= 11 is 0. The number of amides is 1. The van der Waals surface area contributed by atoms with Gasteiger partial charge in [0.05, 0.1) is 12.1 Å². The molecule has 4 rings (SSSR count). The Bertz CT molecular complexity index is 1250. The van der Waals surface area contributed by atoms with Crippen LogP contribution in [0.15, 0.2) is 67.1 Å². The fraction of sp³-hybridized carbons (Fsp3) is 0.143. The normalized spacial score (nSPS) is 11.4. The quantitative estimate of drug-likeness (QED) is 0.422. The van der Waals surface area contributed by atoms with E-state index in [-0.39, 0.29) is 29.9 Å². The molecule has 0 aliphatic heterocycles. The van der Waals surface area contributed by atoms with Gasteiger partial charge in [0.2, 0.25) is 5.95 Å². The van der Waals surface area contributed by atoms with Crippen molar-refractivity contribution >= 4 is 11.9 Å². The number of anilines is 1. The zero-order chi connectivity index (χ0) is 23.4. The second kappa shape index (κ2) is 9.10. The van der Waals surface area contributed by atoms with E-state index in [9.17, 15) is 22.4 Å². The molecule has 0 aliphatic carbocycles. The maximum absolute atomic E-state index is 13.0. The molecule has 0 atom stereocenters. The molecule has 1 amide bonds. The molecular formula is C21H16F4N6O2. The average Bonchev–Trinajstić information content (AvgIpc) is 3.43. The van der Waals surface area contributed by atoms with Gasteiger partial charge in [0, 0.05) is 6.20 Å². The highest BCUT2D eigenvalue weighted by atomic mass is 19.4. The Morgan fingerprint density at radius 3 is 2.58 bits per heavy atom. The van der Waals surface area contributed by atoms with Crippen LogP contribution in [0.25, 0.3) is 0 Å². The monoisotopic (exact) mass is 460 g/mol. The van der Waals surface area contributed by atoms with Gasteiger partial charge in [-0.05, 0) is 42.0 Å². The third-order valence-electron chi connectivity index (χ3n) is 4.42. The lowest BCUT2D eigenvalue weighted by molar-refractivity contribution is -0.137. The minimum Gasteiger partial charge on any atom is -0.471 e. The van der Waals surface area contributed by atoms with Crippen molar-refractivity contribution in [1.82, 2.24) is 24.5 Å². The van der Waals surface area contributed by atoms with Gasteiger partial charge in [0.25, 0.3) is 5.91 Å². The first-order valence-corrected chi connectivity index (χ1v) is 9.55. The number of ether oxygens (including phenoxy) is 1. The molecule has 2 aromatic carbocycles. The highest BCUT2D eigenvalue weighted by Crippen LogP contribution is 2.31. The zero-order valence-electron chi connectivity index (χ0n) is 16.8. The second-order valence-electron chi connectivity index (χ2n) is 6.89. The molecule has 0 radical (unpaired) electrons. The molecule has 0 unspecified atom stereocenters. The van der Waals surface area contributed by atoms with Crippen LogP contribution in [0.3, 0.4) is 0 Å². The Morgan fingerprint density at radius 2 is 1.82 bits per heavy atom. The van der Waals surface area contributed by atoms with E-state index in [0.29, 0.717) is 6.54 Å².